The molecule has 0 bridgehead atoms. The summed E-state index contributed by atoms with van der Waals surface area (Å²) in [5.41, 5.74) is 6.25. The minimum absolute atomic E-state index is 0.441. The predicted octanol–water partition coefficient (Wildman–Crippen LogP) is 6.96. The van der Waals surface area contributed by atoms with Gasteiger partial charge in [-0.1, -0.05) is 103 Å². The van der Waals surface area contributed by atoms with Crippen molar-refractivity contribution >= 4 is 66.7 Å². The Morgan fingerprint density at radius 1 is 0.634 bits per heavy atom. The van der Waals surface area contributed by atoms with Gasteiger partial charge in [0.1, 0.15) is 0 Å². The van der Waals surface area contributed by atoms with Gasteiger partial charge >= 0.3 is 7.12 Å². The fourth-order valence-corrected chi connectivity index (χ4v) is 6.85. The van der Waals surface area contributed by atoms with Crippen LogP contribution in [0, 0.1) is 0 Å². The normalized spacial score (nSPS) is 11.7. The monoisotopic (exact) mass is 547 g/mol. The minimum Gasteiger partial charge on any atom is -0.423 e. The van der Waals surface area contributed by atoms with Crippen LogP contribution in [0.5, 0.6) is 0 Å². The molecule has 0 fully saturated rings. The zero-order valence-corrected chi connectivity index (χ0v) is 22.6. The summed E-state index contributed by atoms with van der Waals surface area (Å²) in [5, 5.41) is 24.1. The highest BCUT2D eigenvalue weighted by atomic mass is 32.1. The third kappa shape index (κ3) is 3.86. The van der Waals surface area contributed by atoms with Crippen LogP contribution >= 0.6 is 11.3 Å². The maximum Gasteiger partial charge on any atom is 0.488 e. The molecule has 8 rings (SSSR count). The van der Waals surface area contributed by atoms with Crippen molar-refractivity contribution in [2.75, 3.05) is 0 Å². The average Bonchev–Trinajstić information content (AvgIpc) is 3.60. The van der Waals surface area contributed by atoms with Gasteiger partial charge in [0.2, 0.25) is 5.95 Å². The van der Waals surface area contributed by atoms with Crippen LogP contribution in [0.1, 0.15) is 0 Å². The van der Waals surface area contributed by atoms with E-state index in [1.165, 1.54) is 0 Å². The molecule has 0 unspecified atom stereocenters. The van der Waals surface area contributed by atoms with Crippen LogP contribution in [0.15, 0.2) is 121 Å². The van der Waals surface area contributed by atoms with Gasteiger partial charge < -0.3 is 10.0 Å². The van der Waals surface area contributed by atoms with E-state index < -0.39 is 7.12 Å². The van der Waals surface area contributed by atoms with Gasteiger partial charge in [-0.05, 0) is 40.0 Å². The quantitative estimate of drug-likeness (QED) is 0.234. The molecule has 0 aliphatic carbocycles. The highest BCUT2D eigenvalue weighted by Gasteiger charge is 2.22. The van der Waals surface area contributed by atoms with Crippen molar-refractivity contribution in [2.45, 2.75) is 0 Å². The first-order valence-electron chi connectivity index (χ1n) is 13.4. The van der Waals surface area contributed by atoms with Gasteiger partial charge in [-0.25, -0.2) is 9.97 Å². The van der Waals surface area contributed by atoms with E-state index in [-0.39, 0.29) is 0 Å². The van der Waals surface area contributed by atoms with Gasteiger partial charge in [0.05, 0.1) is 26.9 Å². The van der Waals surface area contributed by atoms with Crippen molar-refractivity contribution in [3.05, 3.63) is 121 Å². The predicted molar refractivity (Wildman–Crippen MR) is 170 cm³/mol. The Kier molecular flexibility index (Phi) is 5.50. The molecule has 0 radical (unpaired) electrons. The number of benzene rings is 5. The van der Waals surface area contributed by atoms with E-state index >= 15 is 0 Å². The SMILES string of the molecule is OB(O)c1ccc2c(c1)c1c3ccccc3ccc1n2-c1nc(-c2ccccc2)c2sc(-c3ccccc3)cc2n1. The summed E-state index contributed by atoms with van der Waals surface area (Å²) < 4.78 is 3.13. The molecular weight excluding hydrogens is 525 g/mol. The lowest BCUT2D eigenvalue weighted by molar-refractivity contribution is 0.426. The van der Waals surface area contributed by atoms with E-state index in [4.69, 9.17) is 9.97 Å². The molecular formula is C34H22BN3O2S. The molecule has 0 saturated carbocycles. The fraction of sp³-hybridized carbons (Fsp3) is 0. The summed E-state index contributed by atoms with van der Waals surface area (Å²) in [6.07, 6.45) is 0. The summed E-state index contributed by atoms with van der Waals surface area (Å²) in [4.78, 5) is 11.5. The zero-order chi connectivity index (χ0) is 27.5. The molecule has 3 heterocycles. The Balaban J connectivity index is 1.48. The van der Waals surface area contributed by atoms with Crippen LogP contribution in [0.25, 0.3) is 70.4 Å². The Morgan fingerprint density at radius 2 is 1.34 bits per heavy atom. The lowest BCUT2D eigenvalue weighted by Crippen LogP contribution is -2.29. The van der Waals surface area contributed by atoms with E-state index in [0.717, 1.165) is 64.5 Å². The van der Waals surface area contributed by atoms with Gasteiger partial charge in [0.15, 0.2) is 0 Å². The number of hydrogen-bond donors (Lipinski definition) is 2. The van der Waals surface area contributed by atoms with Crippen molar-refractivity contribution in [3.8, 4) is 27.6 Å². The molecule has 5 aromatic carbocycles. The topological polar surface area (TPSA) is 71.2 Å². The first kappa shape index (κ1) is 24.0. The van der Waals surface area contributed by atoms with Crippen LogP contribution in [-0.4, -0.2) is 31.7 Å². The second kappa shape index (κ2) is 9.39. The third-order valence-corrected chi connectivity index (χ3v) is 8.82. The van der Waals surface area contributed by atoms with Crippen molar-refractivity contribution in [1.82, 2.24) is 14.5 Å². The van der Waals surface area contributed by atoms with E-state index in [1.807, 2.05) is 48.5 Å². The molecule has 0 spiro atoms. The van der Waals surface area contributed by atoms with Crippen molar-refractivity contribution in [3.63, 3.8) is 0 Å². The smallest absolute Gasteiger partial charge is 0.423 e. The number of fused-ring (bicyclic) bond motifs is 6. The zero-order valence-electron chi connectivity index (χ0n) is 21.8. The molecule has 8 aromatic rings. The molecule has 0 aliphatic heterocycles. The fourth-order valence-electron chi connectivity index (χ4n) is 5.74. The number of aromatic nitrogens is 3. The summed E-state index contributed by atoms with van der Waals surface area (Å²) in [5.74, 6) is 0.571. The van der Waals surface area contributed by atoms with Gasteiger partial charge in [-0.3, -0.25) is 4.57 Å². The van der Waals surface area contributed by atoms with E-state index in [2.05, 4.69) is 71.3 Å². The summed E-state index contributed by atoms with van der Waals surface area (Å²) in [7, 11) is -1.56. The Bertz CT molecular complexity index is 2240. The number of nitrogens with zero attached hydrogens (tertiary/aromatic N) is 3. The molecule has 7 heteroatoms. The van der Waals surface area contributed by atoms with Crippen molar-refractivity contribution in [2.24, 2.45) is 0 Å². The molecule has 2 N–H and O–H groups in total. The van der Waals surface area contributed by atoms with E-state index in [9.17, 15) is 10.0 Å². The summed E-state index contributed by atoms with van der Waals surface area (Å²) in [6.45, 7) is 0. The minimum atomic E-state index is -1.56. The average molecular weight is 547 g/mol. The second-order valence-electron chi connectivity index (χ2n) is 10.1. The largest absolute Gasteiger partial charge is 0.488 e. The third-order valence-electron chi connectivity index (χ3n) is 7.64. The van der Waals surface area contributed by atoms with Gasteiger partial charge in [-0.2, -0.15) is 0 Å². The number of hydrogen-bond acceptors (Lipinski definition) is 5. The molecule has 0 amide bonds. The Labute approximate surface area is 239 Å². The highest BCUT2D eigenvalue weighted by molar-refractivity contribution is 7.22. The standard InChI is InChI=1S/C34H22BN3O2S/c39-35(40)24-16-18-28-26(19-24)31-25-14-8-7-9-21(25)15-17-29(31)38(28)34-36-27-20-30(22-10-3-1-4-11-22)41-33(27)32(37-34)23-12-5-2-6-13-23/h1-20,39-40H. The Morgan fingerprint density at radius 3 is 2.12 bits per heavy atom. The van der Waals surface area contributed by atoms with Crippen LogP contribution < -0.4 is 5.46 Å². The van der Waals surface area contributed by atoms with Crippen molar-refractivity contribution < 1.29 is 10.0 Å². The molecule has 194 valence electrons. The van der Waals surface area contributed by atoms with Gasteiger partial charge in [0.25, 0.3) is 0 Å². The molecule has 0 saturated heterocycles. The number of rotatable bonds is 4. The van der Waals surface area contributed by atoms with Crippen LogP contribution in [0.2, 0.25) is 0 Å². The molecule has 0 atom stereocenters. The van der Waals surface area contributed by atoms with E-state index in [0.29, 0.717) is 11.4 Å². The van der Waals surface area contributed by atoms with Crippen LogP contribution in [-0.2, 0) is 0 Å². The lowest BCUT2D eigenvalue weighted by Gasteiger charge is -2.10. The first-order valence-corrected chi connectivity index (χ1v) is 14.2. The van der Waals surface area contributed by atoms with Crippen molar-refractivity contribution in [1.29, 1.82) is 0 Å². The van der Waals surface area contributed by atoms with E-state index in [1.54, 1.807) is 17.4 Å². The highest BCUT2D eigenvalue weighted by Crippen LogP contribution is 2.40. The molecule has 3 aromatic heterocycles. The summed E-state index contributed by atoms with van der Waals surface area (Å²) >= 11 is 1.70. The maximum atomic E-state index is 9.99. The number of thiophene rings is 1. The maximum absolute atomic E-state index is 9.99. The molecule has 5 nitrogen and oxygen atoms in total. The van der Waals surface area contributed by atoms with Crippen LogP contribution in [0.4, 0.5) is 0 Å². The van der Waals surface area contributed by atoms with Gasteiger partial charge in [0, 0.05) is 21.2 Å². The summed E-state index contributed by atoms with van der Waals surface area (Å²) in [6, 6.07) is 40.8. The van der Waals surface area contributed by atoms with Gasteiger partial charge in [-0.15, -0.1) is 11.3 Å². The second-order valence-corrected chi connectivity index (χ2v) is 11.1. The molecule has 0 aliphatic rings. The van der Waals surface area contributed by atoms with Crippen LogP contribution in [0.3, 0.4) is 0 Å². The Hall–Kier alpha value is -4.82. The first-order chi connectivity index (χ1) is 20.2. The lowest BCUT2D eigenvalue weighted by atomic mass is 9.79. The molecule has 41 heavy (non-hydrogen) atoms.